The summed E-state index contributed by atoms with van der Waals surface area (Å²) < 4.78 is 19.9. The van der Waals surface area contributed by atoms with Gasteiger partial charge in [-0.1, -0.05) is 73.9 Å². The zero-order chi connectivity index (χ0) is 25.6. The first kappa shape index (κ1) is 24.9. The first-order chi connectivity index (χ1) is 18.1. The maximum absolute atomic E-state index is 13.7. The lowest BCUT2D eigenvalue weighted by atomic mass is 9.98. The lowest BCUT2D eigenvalue weighted by Crippen LogP contribution is -2.51. The zero-order valence-corrected chi connectivity index (χ0v) is 20.4. The van der Waals surface area contributed by atoms with Gasteiger partial charge in [0.15, 0.2) is 6.10 Å². The molecule has 1 aliphatic heterocycles. The van der Waals surface area contributed by atoms with E-state index in [4.69, 9.17) is 9.57 Å². The van der Waals surface area contributed by atoms with Gasteiger partial charge < -0.3 is 15.4 Å². The van der Waals surface area contributed by atoms with Crippen LogP contribution in [0.15, 0.2) is 78.9 Å². The molecule has 7 nitrogen and oxygen atoms in total. The van der Waals surface area contributed by atoms with Gasteiger partial charge in [-0.15, -0.1) is 0 Å². The molecule has 1 aliphatic carbocycles. The van der Waals surface area contributed by atoms with Gasteiger partial charge in [-0.05, 0) is 48.2 Å². The van der Waals surface area contributed by atoms with Crippen molar-refractivity contribution >= 4 is 17.5 Å². The van der Waals surface area contributed by atoms with Crippen LogP contribution in [0.25, 0.3) is 0 Å². The average molecular weight is 504 g/mol. The molecular weight excluding hydrogens is 473 g/mol. The summed E-state index contributed by atoms with van der Waals surface area (Å²) >= 11 is 0. The summed E-state index contributed by atoms with van der Waals surface area (Å²) in [6.07, 6.45) is 4.32. The lowest BCUT2D eigenvalue weighted by molar-refractivity contribution is -0.135. The highest BCUT2D eigenvalue weighted by molar-refractivity contribution is 6.00. The number of halogens is 1. The third-order valence-corrected chi connectivity index (χ3v) is 6.78. The number of rotatable bonds is 7. The summed E-state index contributed by atoms with van der Waals surface area (Å²) in [5, 5.41) is 5.75. The summed E-state index contributed by atoms with van der Waals surface area (Å²) in [5.74, 6) is -0.791. The molecule has 3 aromatic rings. The second-order valence-electron chi connectivity index (χ2n) is 9.40. The fourth-order valence-electron chi connectivity index (χ4n) is 4.78. The Balaban J connectivity index is 1.42. The molecule has 3 atom stereocenters. The quantitative estimate of drug-likeness (QED) is 0.396. The summed E-state index contributed by atoms with van der Waals surface area (Å²) in [6, 6.07) is 20.1. The van der Waals surface area contributed by atoms with E-state index in [0.29, 0.717) is 17.0 Å². The van der Waals surface area contributed by atoms with Crippen LogP contribution < -0.4 is 20.9 Å². The van der Waals surface area contributed by atoms with Crippen LogP contribution in [0.5, 0.6) is 5.75 Å². The van der Waals surface area contributed by atoms with E-state index in [-0.39, 0.29) is 6.10 Å². The van der Waals surface area contributed by atoms with E-state index < -0.39 is 35.8 Å². The van der Waals surface area contributed by atoms with Crippen molar-refractivity contribution in [3.05, 3.63) is 95.8 Å². The Bertz CT molecular complexity index is 1220. The van der Waals surface area contributed by atoms with E-state index in [0.717, 1.165) is 31.2 Å². The molecule has 0 bridgehead atoms. The Morgan fingerprint density at radius 2 is 1.65 bits per heavy atom. The standard InChI is InChI=1S/C29H30FN3O4/c30-21-17-15-19(16-18-21)25(33-37-22-11-5-2-6-12-22)28(34)32-26-27(20-9-3-1-4-10-20)36-24-14-8-7-13-23(24)31-29(26)35/h1,3-4,7-10,13-18,22,25-27,33H,2,5-6,11-12H2,(H,31,35)(H,32,34)/t25-,26-,27+/m0/s1. The number of benzene rings is 3. The third-order valence-electron chi connectivity index (χ3n) is 6.78. The predicted molar refractivity (Wildman–Crippen MR) is 137 cm³/mol. The lowest BCUT2D eigenvalue weighted by Gasteiger charge is -2.29. The Hall–Kier alpha value is -3.75. The number of amides is 2. The first-order valence-corrected chi connectivity index (χ1v) is 12.7. The van der Waals surface area contributed by atoms with E-state index >= 15 is 0 Å². The Labute approximate surface area is 215 Å². The van der Waals surface area contributed by atoms with Crippen LogP contribution in [0.1, 0.15) is 55.4 Å². The van der Waals surface area contributed by atoms with Crippen molar-refractivity contribution in [1.82, 2.24) is 10.8 Å². The molecule has 0 aromatic heterocycles. The number of ether oxygens (including phenoxy) is 1. The molecule has 5 rings (SSSR count). The Morgan fingerprint density at radius 3 is 2.41 bits per heavy atom. The molecule has 192 valence electrons. The van der Waals surface area contributed by atoms with Crippen LogP contribution in [0, 0.1) is 5.82 Å². The molecule has 3 N–H and O–H groups in total. The van der Waals surface area contributed by atoms with Crippen LogP contribution in [-0.2, 0) is 14.4 Å². The highest BCUT2D eigenvalue weighted by atomic mass is 19.1. The smallest absolute Gasteiger partial charge is 0.251 e. The number of hydroxylamine groups is 1. The topological polar surface area (TPSA) is 88.7 Å². The van der Waals surface area contributed by atoms with Crippen LogP contribution in [0.2, 0.25) is 0 Å². The molecule has 1 fully saturated rings. The molecule has 3 aromatic carbocycles. The van der Waals surface area contributed by atoms with E-state index in [9.17, 15) is 14.0 Å². The van der Waals surface area contributed by atoms with Gasteiger partial charge in [0.05, 0.1) is 11.8 Å². The van der Waals surface area contributed by atoms with Crippen molar-refractivity contribution in [3.63, 3.8) is 0 Å². The van der Waals surface area contributed by atoms with Crippen molar-refractivity contribution in [3.8, 4) is 5.75 Å². The molecule has 0 spiro atoms. The molecule has 8 heteroatoms. The average Bonchev–Trinajstić information content (AvgIpc) is 3.07. The van der Waals surface area contributed by atoms with E-state index in [1.165, 1.54) is 30.7 Å². The van der Waals surface area contributed by atoms with Crippen LogP contribution in [0.3, 0.4) is 0 Å². The van der Waals surface area contributed by atoms with Gasteiger partial charge in [0, 0.05) is 0 Å². The maximum atomic E-state index is 13.7. The number of anilines is 1. The number of carbonyl (C=O) groups is 2. The van der Waals surface area contributed by atoms with Gasteiger partial charge >= 0.3 is 0 Å². The van der Waals surface area contributed by atoms with Crippen LogP contribution in [-0.4, -0.2) is 24.0 Å². The van der Waals surface area contributed by atoms with Gasteiger partial charge in [0.2, 0.25) is 5.91 Å². The molecular formula is C29H30FN3O4. The largest absolute Gasteiger partial charge is 0.481 e. The second kappa shape index (κ2) is 11.5. The summed E-state index contributed by atoms with van der Waals surface area (Å²) in [5.41, 5.74) is 4.69. The molecule has 0 unspecified atom stereocenters. The second-order valence-corrected chi connectivity index (χ2v) is 9.40. The fraction of sp³-hybridized carbons (Fsp3) is 0.310. The minimum atomic E-state index is -1.04. The number of hydrogen-bond donors (Lipinski definition) is 3. The van der Waals surface area contributed by atoms with Crippen molar-refractivity contribution in [2.45, 2.75) is 56.4 Å². The molecule has 1 saturated carbocycles. The normalized spacial score (nSPS) is 20.6. The molecule has 1 heterocycles. The van der Waals surface area contributed by atoms with Gasteiger partial charge in [0.1, 0.15) is 23.7 Å². The number of hydrogen-bond acceptors (Lipinski definition) is 5. The first-order valence-electron chi connectivity index (χ1n) is 12.7. The molecule has 2 amide bonds. The van der Waals surface area contributed by atoms with E-state index in [2.05, 4.69) is 16.1 Å². The minimum Gasteiger partial charge on any atom is -0.481 e. The Kier molecular flexibility index (Phi) is 7.77. The van der Waals surface area contributed by atoms with E-state index in [1.807, 2.05) is 36.4 Å². The molecule has 0 radical (unpaired) electrons. The third kappa shape index (κ3) is 5.98. The minimum absolute atomic E-state index is 0.0134. The highest BCUT2D eigenvalue weighted by Crippen LogP contribution is 2.34. The summed E-state index contributed by atoms with van der Waals surface area (Å²) in [6.45, 7) is 0. The number of para-hydroxylation sites is 2. The van der Waals surface area contributed by atoms with Crippen molar-refractivity contribution in [1.29, 1.82) is 0 Å². The van der Waals surface area contributed by atoms with Crippen LogP contribution >= 0.6 is 0 Å². The van der Waals surface area contributed by atoms with Crippen molar-refractivity contribution < 1.29 is 23.6 Å². The fourth-order valence-corrected chi connectivity index (χ4v) is 4.78. The predicted octanol–water partition coefficient (Wildman–Crippen LogP) is 4.98. The molecule has 37 heavy (non-hydrogen) atoms. The summed E-state index contributed by atoms with van der Waals surface area (Å²) in [4.78, 5) is 33.0. The Morgan fingerprint density at radius 1 is 0.946 bits per heavy atom. The zero-order valence-electron chi connectivity index (χ0n) is 20.4. The number of fused-ring (bicyclic) bond motifs is 1. The van der Waals surface area contributed by atoms with Crippen molar-refractivity contribution in [2.24, 2.45) is 0 Å². The molecule has 2 aliphatic rings. The SMILES string of the molecule is O=C(N[C@@H]1C(=O)Nc2ccccc2O[C@@H]1c1ccccc1)[C@@H](NOC1CCCCC1)c1ccc(F)cc1. The number of nitrogens with one attached hydrogen (secondary N) is 3. The van der Waals surface area contributed by atoms with Gasteiger partial charge in [-0.2, -0.15) is 5.48 Å². The maximum Gasteiger partial charge on any atom is 0.251 e. The number of carbonyl (C=O) groups excluding carboxylic acids is 2. The van der Waals surface area contributed by atoms with Gasteiger partial charge in [-0.25, -0.2) is 4.39 Å². The summed E-state index contributed by atoms with van der Waals surface area (Å²) in [7, 11) is 0. The molecule has 0 saturated heterocycles. The monoisotopic (exact) mass is 503 g/mol. The van der Waals surface area contributed by atoms with Gasteiger partial charge in [-0.3, -0.25) is 14.4 Å². The highest BCUT2D eigenvalue weighted by Gasteiger charge is 2.38. The van der Waals surface area contributed by atoms with Gasteiger partial charge in [0.25, 0.3) is 5.91 Å². The van der Waals surface area contributed by atoms with Crippen molar-refractivity contribution in [2.75, 3.05) is 5.32 Å². The van der Waals surface area contributed by atoms with E-state index in [1.54, 1.807) is 18.2 Å². The van der Waals surface area contributed by atoms with Crippen LogP contribution in [0.4, 0.5) is 10.1 Å².